The van der Waals surface area contributed by atoms with Crippen molar-refractivity contribution in [3.8, 4) is 5.75 Å². The van der Waals surface area contributed by atoms with E-state index in [-0.39, 0.29) is 6.10 Å². The number of hydrogen-bond donors (Lipinski definition) is 1. The van der Waals surface area contributed by atoms with Crippen molar-refractivity contribution < 1.29 is 18.3 Å². The summed E-state index contributed by atoms with van der Waals surface area (Å²) in [6, 6.07) is 22.9. The van der Waals surface area contributed by atoms with E-state index in [1.165, 1.54) is 44.8 Å². The molecule has 5 rings (SSSR count). The number of nitrogens with zero attached hydrogens (tertiary/aromatic N) is 2. The maximum Gasteiger partial charge on any atom is 0.0146 e. The molecule has 0 atom stereocenters. The summed E-state index contributed by atoms with van der Waals surface area (Å²) in [6.45, 7) is 22.4. The molecule has 4 aromatic carbocycles. The van der Waals surface area contributed by atoms with E-state index >= 15 is 0 Å². The van der Waals surface area contributed by atoms with E-state index in [1.807, 2.05) is 47.1 Å². The molecule has 1 saturated heterocycles. The molecule has 1 aliphatic heterocycles. The molecule has 2 N–H and O–H groups in total. The Bertz CT molecular complexity index is 1590. The van der Waals surface area contributed by atoms with Crippen LogP contribution in [0.1, 0.15) is 58.4 Å². The van der Waals surface area contributed by atoms with Gasteiger partial charge in [0, 0.05) is 24.5 Å². The Kier molecular flexibility index (Phi) is 13.0. The molecule has 248 valence electrons. The minimum Gasteiger partial charge on any atom is -0.502 e. The number of ether oxygens (including phenoxy) is 1. The Morgan fingerprint density at radius 3 is 1.83 bits per heavy atom. The molecule has 0 aromatic heterocycles. The van der Waals surface area contributed by atoms with Crippen LogP contribution in [0.15, 0.2) is 66.7 Å². The van der Waals surface area contributed by atoms with E-state index in [2.05, 4.69) is 106 Å². The number of benzene rings is 4. The molecule has 1 fully saturated rings. The molecule has 0 spiro atoms. The van der Waals surface area contributed by atoms with Crippen LogP contribution in [0.3, 0.4) is 0 Å². The molecule has 46 heavy (non-hydrogen) atoms. The first-order valence-electron chi connectivity index (χ1n) is 15.5. The van der Waals surface area contributed by atoms with Gasteiger partial charge in [-0.05, 0) is 63.8 Å². The first-order chi connectivity index (χ1) is 21.8. The molecular formula is C38H46Cl3N3ORu. The molecule has 8 heteroatoms. The van der Waals surface area contributed by atoms with Crippen LogP contribution in [0.25, 0.3) is 0 Å². The standard InChI is InChI=1S/C21H27N2.C17H18ClNO.2ClH.Ru/c1-14-9-16(3)20(17(4)10-14)22-7-8-23(13-22)21-18(5)11-15(2)12-19(21)6;1-12(2)20-17-7-5-4-6-16(17)19-11-14-8-9-15(18)10-13(14)3;;;/h9-13H,7-8H2,1-6H3;3-10,12,19H,11H2,1-2H3;2*1H;/q-1;;;;+2/p-1. The van der Waals surface area contributed by atoms with E-state index in [9.17, 15) is 0 Å². The number of rotatable bonds is 8. The summed E-state index contributed by atoms with van der Waals surface area (Å²) in [4.78, 5) is 4.81. The quantitative estimate of drug-likeness (QED) is 0.0839. The molecule has 0 unspecified atom stereocenters. The summed E-state index contributed by atoms with van der Waals surface area (Å²) in [5.74, 6) is 0.962. The van der Waals surface area contributed by atoms with E-state index < -0.39 is 13.5 Å². The summed E-state index contributed by atoms with van der Waals surface area (Å²) in [7, 11) is 12.0. The molecule has 0 amide bonds. The van der Waals surface area contributed by atoms with Crippen molar-refractivity contribution in [3.63, 3.8) is 0 Å². The topological polar surface area (TPSA) is 31.3 Å². The second kappa shape index (κ2) is 16.5. The first-order valence-corrected chi connectivity index (χ1v) is 21.4. The molecule has 1 aliphatic rings. The molecule has 0 aliphatic carbocycles. The number of para-hydroxylation sites is 2. The average Bonchev–Trinajstić information content (AvgIpc) is 3.41. The van der Waals surface area contributed by atoms with Crippen LogP contribution in [0, 0.1) is 48.2 Å². The summed E-state index contributed by atoms with van der Waals surface area (Å²) in [5, 5.41) is 4.12. The van der Waals surface area contributed by atoms with Crippen molar-refractivity contribution >= 4 is 52.7 Å². The zero-order valence-corrected chi connectivity index (χ0v) is 32.0. The van der Waals surface area contributed by atoms with Gasteiger partial charge in [0.2, 0.25) is 0 Å². The van der Waals surface area contributed by atoms with Crippen LogP contribution >= 0.6 is 31.0 Å². The number of aryl methyl sites for hydroxylation is 6. The molecular weight excluding hydrogens is 722 g/mol. The molecule has 1 heterocycles. The first kappa shape index (κ1) is 36.3. The fraction of sp³-hybridized carbons (Fsp3) is 0.316. The Labute approximate surface area is 294 Å². The number of aliphatic hydroxyl groups is 1. The number of hydrogen-bond acceptors (Lipinski definition) is 3. The molecule has 4 aromatic rings. The Balaban J connectivity index is 0.000000209. The van der Waals surface area contributed by atoms with Crippen molar-refractivity contribution in [1.82, 2.24) is 0 Å². The van der Waals surface area contributed by atoms with Crippen LogP contribution in [-0.4, -0.2) is 28.5 Å². The Morgan fingerprint density at radius 2 is 1.33 bits per heavy atom. The van der Waals surface area contributed by atoms with Crippen molar-refractivity contribution in [2.24, 2.45) is 0 Å². The fourth-order valence-electron chi connectivity index (χ4n) is 6.20. The Morgan fingerprint density at radius 1 is 0.804 bits per heavy atom. The second-order valence-corrected chi connectivity index (χ2v) is 18.4. The smallest absolute Gasteiger partial charge is 0.0146 e. The summed E-state index contributed by atoms with van der Waals surface area (Å²) in [6.07, 6.45) is 0.247. The maximum atomic E-state index is 6.07. The van der Waals surface area contributed by atoms with E-state index in [0.29, 0.717) is 11.6 Å². The normalized spacial score (nSPS) is 13.0. The van der Waals surface area contributed by atoms with Crippen LogP contribution in [0.5, 0.6) is 5.75 Å². The van der Waals surface area contributed by atoms with Crippen LogP contribution in [-0.2, 0) is 20.1 Å². The number of anilines is 3. The predicted octanol–water partition coefficient (Wildman–Crippen LogP) is 10.7. The van der Waals surface area contributed by atoms with E-state index in [4.69, 9.17) is 31.0 Å². The van der Waals surface area contributed by atoms with Gasteiger partial charge in [-0.15, -0.1) is 0 Å². The van der Waals surface area contributed by atoms with Crippen LogP contribution in [0.2, 0.25) is 5.02 Å². The van der Waals surface area contributed by atoms with Crippen LogP contribution in [0.4, 0.5) is 17.1 Å². The minimum absolute atomic E-state index is 0.247. The summed E-state index contributed by atoms with van der Waals surface area (Å²) >= 11 is 4.17. The van der Waals surface area contributed by atoms with Gasteiger partial charge in [0.15, 0.2) is 0 Å². The third-order valence-electron chi connectivity index (χ3n) is 7.77. The van der Waals surface area contributed by atoms with E-state index in [1.54, 1.807) is 0 Å². The van der Waals surface area contributed by atoms with Crippen molar-refractivity contribution in [2.45, 2.75) is 68.0 Å². The minimum atomic E-state index is -1.90. The molecule has 4 nitrogen and oxygen atoms in total. The van der Waals surface area contributed by atoms with Gasteiger partial charge in [0.05, 0.1) is 0 Å². The van der Waals surface area contributed by atoms with Gasteiger partial charge >= 0.3 is 156 Å². The number of halogens is 3. The third-order valence-corrected chi connectivity index (χ3v) is 9.84. The number of aromatic hydroxyl groups is 1. The largest absolute Gasteiger partial charge is 0.502 e. The van der Waals surface area contributed by atoms with Gasteiger partial charge in [-0.3, -0.25) is 0 Å². The van der Waals surface area contributed by atoms with Gasteiger partial charge < -0.3 is 9.80 Å². The molecule has 0 bridgehead atoms. The maximum absolute atomic E-state index is 6.07. The van der Waals surface area contributed by atoms with Gasteiger partial charge in [0.25, 0.3) is 0 Å². The van der Waals surface area contributed by atoms with Gasteiger partial charge in [-0.1, -0.05) is 35.4 Å². The van der Waals surface area contributed by atoms with Crippen LogP contribution < -0.4 is 15.1 Å². The molecule has 0 saturated carbocycles. The summed E-state index contributed by atoms with van der Waals surface area (Å²) in [5.41, 5.74) is 13.9. The van der Waals surface area contributed by atoms with Gasteiger partial charge in [-0.25, -0.2) is 0 Å². The van der Waals surface area contributed by atoms with Crippen molar-refractivity contribution in [3.05, 3.63) is 123 Å². The van der Waals surface area contributed by atoms with Gasteiger partial charge in [0.1, 0.15) is 0 Å². The second-order valence-electron chi connectivity index (χ2n) is 12.2. The zero-order chi connectivity index (χ0) is 33.5. The fourth-order valence-corrected chi connectivity index (χ4v) is 8.24. The summed E-state index contributed by atoms with van der Waals surface area (Å²) < 4.78 is 6.55. The SMILES string of the molecule is CC(C)[OH+]c1ccccc1NCc1ccc(Cl)cc1[CH]=[Ru]([Cl])[Cl].Cc1cc(C)c(N2[CH-]N(c3c(C)cc(C)cc3C)CC2)c(C)c1. The number of nitrogens with one attached hydrogen (secondary N) is 1. The zero-order valence-electron chi connectivity index (χ0n) is 28.0. The van der Waals surface area contributed by atoms with Gasteiger partial charge in [-0.2, -0.15) is 6.67 Å². The molecule has 0 radical (unpaired) electrons. The monoisotopic (exact) mass is 767 g/mol. The third kappa shape index (κ3) is 9.74. The van der Waals surface area contributed by atoms with Crippen molar-refractivity contribution in [1.29, 1.82) is 0 Å². The average molecular weight is 768 g/mol. The van der Waals surface area contributed by atoms with E-state index in [0.717, 1.165) is 35.7 Å². The van der Waals surface area contributed by atoms with Crippen molar-refractivity contribution in [2.75, 3.05) is 28.2 Å². The Hall–Kier alpha value is -2.56. The predicted molar refractivity (Wildman–Crippen MR) is 199 cm³/mol.